The van der Waals surface area contributed by atoms with Crippen LogP contribution in [-0.2, 0) is 14.3 Å². The van der Waals surface area contributed by atoms with Crippen LogP contribution >= 0.6 is 0 Å². The molecule has 1 aromatic carbocycles. The number of rotatable bonds is 8. The average Bonchev–Trinajstić information content (AvgIpc) is 3.57. The van der Waals surface area contributed by atoms with E-state index in [1.54, 1.807) is 34.2 Å². The third-order valence-electron chi connectivity index (χ3n) is 8.25. The monoisotopic (exact) mass is 576 g/mol. The molecule has 2 aromatic rings. The summed E-state index contributed by atoms with van der Waals surface area (Å²) in [7, 11) is 3.85. The zero-order chi connectivity index (χ0) is 30.0. The summed E-state index contributed by atoms with van der Waals surface area (Å²) in [5, 5.41) is 2.92. The maximum Gasteiger partial charge on any atom is 0.256 e. The van der Waals surface area contributed by atoms with Gasteiger partial charge in [0.15, 0.2) is 5.78 Å². The summed E-state index contributed by atoms with van der Waals surface area (Å²) < 4.78 is 5.40. The normalized spacial score (nSPS) is 21.0. The van der Waals surface area contributed by atoms with Crippen LogP contribution in [-0.4, -0.2) is 110 Å². The third kappa shape index (κ3) is 6.11. The van der Waals surface area contributed by atoms with Crippen molar-refractivity contribution in [1.82, 2.24) is 20.1 Å². The molecular weight excluding hydrogens is 536 g/mol. The number of ketones is 1. The molecule has 11 nitrogen and oxygen atoms in total. The number of likely N-dealkylation sites (tertiary alicyclic amines) is 2. The molecule has 0 aliphatic carbocycles. The van der Waals surface area contributed by atoms with E-state index in [1.165, 1.54) is 0 Å². The van der Waals surface area contributed by atoms with Crippen molar-refractivity contribution in [2.75, 3.05) is 63.3 Å². The minimum Gasteiger partial charge on any atom is -0.378 e. The Kier molecular flexibility index (Phi) is 8.77. The van der Waals surface area contributed by atoms with Crippen molar-refractivity contribution in [3.8, 4) is 0 Å². The second-order valence-corrected chi connectivity index (χ2v) is 11.8. The van der Waals surface area contributed by atoms with Gasteiger partial charge in [-0.25, -0.2) is 4.98 Å². The molecule has 0 bridgehead atoms. The summed E-state index contributed by atoms with van der Waals surface area (Å²) in [5.41, 5.74) is 1.84. The smallest absolute Gasteiger partial charge is 0.256 e. The lowest BCUT2D eigenvalue weighted by Gasteiger charge is -2.29. The Balaban J connectivity index is 1.27. The van der Waals surface area contributed by atoms with E-state index in [0.717, 1.165) is 24.6 Å². The van der Waals surface area contributed by atoms with Gasteiger partial charge in [0, 0.05) is 51.2 Å². The van der Waals surface area contributed by atoms with Crippen molar-refractivity contribution < 1.29 is 23.9 Å². The number of hydrogen-bond donors (Lipinski definition) is 1. The van der Waals surface area contributed by atoms with Crippen molar-refractivity contribution in [2.24, 2.45) is 5.92 Å². The van der Waals surface area contributed by atoms with Gasteiger partial charge in [-0.05, 0) is 55.2 Å². The molecule has 42 heavy (non-hydrogen) atoms. The fourth-order valence-electron chi connectivity index (χ4n) is 6.04. The van der Waals surface area contributed by atoms with Crippen molar-refractivity contribution in [3.05, 3.63) is 53.7 Å². The van der Waals surface area contributed by atoms with Crippen LogP contribution < -0.4 is 15.1 Å². The van der Waals surface area contributed by atoms with Crippen molar-refractivity contribution in [3.63, 3.8) is 0 Å². The Morgan fingerprint density at radius 2 is 1.69 bits per heavy atom. The zero-order valence-electron chi connectivity index (χ0n) is 24.8. The Bertz CT molecular complexity index is 1310. The SMILES string of the molecule is CC(C)C[C@H](NC(=O)c1ccc(N(C)C)cc1)C(=O)N1CCC2C1C(=O)CN2C(=O)c1ccc(N2CCOCC2)nc1. The minimum atomic E-state index is -0.778. The molecule has 1 N–H and O–H groups in total. The second-order valence-electron chi connectivity index (χ2n) is 11.8. The molecule has 0 radical (unpaired) electrons. The van der Waals surface area contributed by atoms with E-state index in [2.05, 4.69) is 15.2 Å². The standard InChI is InChI=1S/C31H40N6O5/c1-20(2)17-24(33-29(39)21-5-8-23(9-6-21)34(3)4)31(41)36-12-11-25-28(36)26(38)19-37(25)30(40)22-7-10-27(32-18-22)35-13-15-42-16-14-35/h5-10,18,20,24-25,28H,11-17,19H2,1-4H3,(H,33,39)/t24-,25?,28?/m0/s1. The van der Waals surface area contributed by atoms with Crippen LogP contribution in [0.4, 0.5) is 11.5 Å². The van der Waals surface area contributed by atoms with E-state index >= 15 is 0 Å². The molecule has 3 fully saturated rings. The fraction of sp³-hybridized carbons (Fsp3) is 0.516. The average molecular weight is 577 g/mol. The van der Waals surface area contributed by atoms with Gasteiger partial charge in [0.05, 0.1) is 31.4 Å². The van der Waals surface area contributed by atoms with E-state index < -0.39 is 18.1 Å². The summed E-state index contributed by atoms with van der Waals surface area (Å²) in [6, 6.07) is 8.86. The van der Waals surface area contributed by atoms with Crippen LogP contribution in [0.5, 0.6) is 0 Å². The summed E-state index contributed by atoms with van der Waals surface area (Å²) in [6.45, 7) is 7.05. The van der Waals surface area contributed by atoms with Gasteiger partial charge in [0.25, 0.3) is 11.8 Å². The molecule has 5 rings (SSSR count). The minimum absolute atomic E-state index is 0.0530. The highest BCUT2D eigenvalue weighted by molar-refractivity contribution is 6.03. The lowest BCUT2D eigenvalue weighted by atomic mass is 10.0. The van der Waals surface area contributed by atoms with E-state index in [-0.39, 0.29) is 36.0 Å². The van der Waals surface area contributed by atoms with Crippen molar-refractivity contribution in [1.29, 1.82) is 0 Å². The first-order valence-corrected chi connectivity index (χ1v) is 14.6. The highest BCUT2D eigenvalue weighted by Crippen LogP contribution is 2.32. The second kappa shape index (κ2) is 12.5. The van der Waals surface area contributed by atoms with E-state index in [0.29, 0.717) is 43.7 Å². The predicted molar refractivity (Wildman–Crippen MR) is 159 cm³/mol. The van der Waals surface area contributed by atoms with Gasteiger partial charge >= 0.3 is 0 Å². The van der Waals surface area contributed by atoms with Crippen LogP contribution in [0.2, 0.25) is 0 Å². The van der Waals surface area contributed by atoms with Gasteiger partial charge in [-0.1, -0.05) is 13.8 Å². The maximum atomic E-state index is 13.8. The third-order valence-corrected chi connectivity index (χ3v) is 8.25. The Morgan fingerprint density at radius 1 is 1.00 bits per heavy atom. The van der Waals surface area contributed by atoms with Crippen LogP contribution in [0, 0.1) is 5.92 Å². The first-order valence-electron chi connectivity index (χ1n) is 14.6. The number of ether oxygens (including phenoxy) is 1. The number of Topliss-reactive ketones (excluding diaryl/α,β-unsaturated/α-hetero) is 1. The summed E-state index contributed by atoms with van der Waals surface area (Å²) in [4.78, 5) is 65.4. The van der Waals surface area contributed by atoms with Gasteiger partial charge < -0.3 is 29.7 Å². The number of carbonyl (C=O) groups excluding carboxylic acids is 4. The number of hydrogen-bond acceptors (Lipinski definition) is 8. The molecule has 0 spiro atoms. The van der Waals surface area contributed by atoms with E-state index in [9.17, 15) is 19.2 Å². The number of fused-ring (bicyclic) bond motifs is 1. The number of nitrogens with one attached hydrogen (secondary N) is 1. The molecule has 4 heterocycles. The van der Waals surface area contributed by atoms with Gasteiger partial charge in [0.2, 0.25) is 5.91 Å². The molecule has 3 saturated heterocycles. The topological polar surface area (TPSA) is 115 Å². The molecule has 3 aliphatic heterocycles. The Hall–Kier alpha value is -3.99. The van der Waals surface area contributed by atoms with Gasteiger partial charge in [-0.3, -0.25) is 19.2 Å². The number of benzene rings is 1. The highest BCUT2D eigenvalue weighted by Gasteiger charge is 2.52. The number of amides is 3. The van der Waals surface area contributed by atoms with Gasteiger partial charge in [0.1, 0.15) is 17.9 Å². The van der Waals surface area contributed by atoms with Gasteiger partial charge in [-0.15, -0.1) is 0 Å². The summed E-state index contributed by atoms with van der Waals surface area (Å²) >= 11 is 0. The first-order chi connectivity index (χ1) is 20.1. The number of nitrogens with zero attached hydrogens (tertiary/aromatic N) is 5. The highest BCUT2D eigenvalue weighted by atomic mass is 16.5. The largest absolute Gasteiger partial charge is 0.378 e. The van der Waals surface area contributed by atoms with Crippen LogP contribution in [0.1, 0.15) is 47.4 Å². The number of aromatic nitrogens is 1. The number of morpholine rings is 1. The predicted octanol–water partition coefficient (Wildman–Crippen LogP) is 1.82. The molecule has 11 heteroatoms. The van der Waals surface area contributed by atoms with Crippen molar-refractivity contribution in [2.45, 2.75) is 44.8 Å². The van der Waals surface area contributed by atoms with E-state index in [1.807, 2.05) is 51.0 Å². The van der Waals surface area contributed by atoms with Crippen LogP contribution in [0.3, 0.4) is 0 Å². The number of anilines is 2. The summed E-state index contributed by atoms with van der Waals surface area (Å²) in [5.74, 6) is -0.120. The Morgan fingerprint density at radius 3 is 2.31 bits per heavy atom. The molecular formula is C31H40N6O5. The summed E-state index contributed by atoms with van der Waals surface area (Å²) in [6.07, 6.45) is 2.50. The molecule has 3 amide bonds. The molecule has 0 saturated carbocycles. The first kappa shape index (κ1) is 29.5. The number of carbonyl (C=O) groups is 4. The molecule has 224 valence electrons. The fourth-order valence-corrected chi connectivity index (χ4v) is 6.04. The molecule has 3 aliphatic rings. The Labute approximate surface area is 246 Å². The van der Waals surface area contributed by atoms with Gasteiger partial charge in [-0.2, -0.15) is 0 Å². The molecule has 2 unspecified atom stereocenters. The van der Waals surface area contributed by atoms with Crippen LogP contribution in [0.25, 0.3) is 0 Å². The van der Waals surface area contributed by atoms with E-state index in [4.69, 9.17) is 4.74 Å². The lowest BCUT2D eigenvalue weighted by molar-refractivity contribution is -0.138. The quantitative estimate of drug-likeness (QED) is 0.506. The van der Waals surface area contributed by atoms with Crippen molar-refractivity contribution >= 4 is 35.0 Å². The molecule has 1 aromatic heterocycles. The zero-order valence-corrected chi connectivity index (χ0v) is 24.8. The van der Waals surface area contributed by atoms with Crippen LogP contribution in [0.15, 0.2) is 42.6 Å². The molecule has 3 atom stereocenters. The maximum absolute atomic E-state index is 13.8. The number of pyridine rings is 1. The lowest BCUT2D eigenvalue weighted by Crippen LogP contribution is -2.53.